The number of carboxylic acid groups (broad SMARTS) is 1. The lowest BCUT2D eigenvalue weighted by Gasteiger charge is -2.40. The summed E-state index contributed by atoms with van der Waals surface area (Å²) in [4.78, 5) is 13.9. The van der Waals surface area contributed by atoms with Crippen molar-refractivity contribution in [2.24, 2.45) is 5.92 Å². The van der Waals surface area contributed by atoms with Gasteiger partial charge in [0.05, 0.1) is 16.8 Å². The van der Waals surface area contributed by atoms with E-state index in [9.17, 15) is 15.2 Å². The van der Waals surface area contributed by atoms with Gasteiger partial charge in [0.25, 0.3) is 0 Å². The maximum atomic E-state index is 11.7. The summed E-state index contributed by atoms with van der Waals surface area (Å²) in [6, 6.07) is 12.2. The Morgan fingerprint density at radius 2 is 1.96 bits per heavy atom. The number of aryl methyl sites for hydroxylation is 2. The molecule has 2 N–H and O–H groups in total. The van der Waals surface area contributed by atoms with E-state index in [1.54, 1.807) is 0 Å². The van der Waals surface area contributed by atoms with Gasteiger partial charge in [0.15, 0.2) is 0 Å². The first-order valence-electron chi connectivity index (χ1n) is 9.68. The number of para-hydroxylation sites is 1. The van der Waals surface area contributed by atoms with E-state index < -0.39 is 5.97 Å². The Morgan fingerprint density at radius 1 is 1.25 bits per heavy atom. The van der Waals surface area contributed by atoms with Crippen LogP contribution in [0.25, 0.3) is 0 Å². The molecule has 0 bridgehead atoms. The highest BCUT2D eigenvalue weighted by Crippen LogP contribution is 2.32. The minimum absolute atomic E-state index is 0.257. The summed E-state index contributed by atoms with van der Waals surface area (Å²) in [7, 11) is 0. The second-order valence-corrected chi connectivity index (χ2v) is 7.78. The number of nitrogens with one attached hydrogen (secondary N) is 1. The van der Waals surface area contributed by atoms with E-state index in [4.69, 9.17) is 0 Å². The highest BCUT2D eigenvalue weighted by atomic mass is 16.4. The predicted molar refractivity (Wildman–Crippen MR) is 112 cm³/mol. The first-order valence-corrected chi connectivity index (χ1v) is 9.68. The van der Waals surface area contributed by atoms with Gasteiger partial charge in [-0.05, 0) is 61.9 Å². The topological polar surface area (TPSA) is 76.4 Å². The van der Waals surface area contributed by atoms with Crippen LogP contribution in [-0.2, 0) is 0 Å². The first-order chi connectivity index (χ1) is 13.3. The first kappa shape index (κ1) is 19.8. The van der Waals surface area contributed by atoms with Crippen molar-refractivity contribution in [2.75, 3.05) is 23.3 Å². The van der Waals surface area contributed by atoms with Gasteiger partial charge in [-0.1, -0.05) is 25.1 Å². The quantitative estimate of drug-likeness (QED) is 0.820. The van der Waals surface area contributed by atoms with Gasteiger partial charge in [0.1, 0.15) is 6.07 Å². The van der Waals surface area contributed by atoms with Gasteiger partial charge in [-0.2, -0.15) is 5.26 Å². The third kappa shape index (κ3) is 3.68. The third-order valence-corrected chi connectivity index (χ3v) is 5.79. The number of benzene rings is 2. The van der Waals surface area contributed by atoms with E-state index >= 15 is 0 Å². The molecule has 28 heavy (non-hydrogen) atoms. The standard InChI is InChI=1S/C23H27N3O2/c1-14-11-15(2)22(17(4)21(14)23(27)28)25-19-9-10-26(13-16(19)3)20-8-6-5-7-18(20)12-24/h5-8,11,16,19,25H,9-10,13H2,1-4H3,(H,27,28)/t16-,19+/m0/s1. The van der Waals surface area contributed by atoms with Crippen molar-refractivity contribution >= 4 is 17.3 Å². The largest absolute Gasteiger partial charge is 0.478 e. The van der Waals surface area contributed by atoms with Crippen LogP contribution in [0.3, 0.4) is 0 Å². The maximum absolute atomic E-state index is 11.7. The number of piperidine rings is 1. The number of anilines is 2. The van der Waals surface area contributed by atoms with Crippen LogP contribution in [0.15, 0.2) is 30.3 Å². The van der Waals surface area contributed by atoms with Gasteiger partial charge in [-0.15, -0.1) is 0 Å². The Kier molecular flexibility index (Phi) is 5.60. The summed E-state index contributed by atoms with van der Waals surface area (Å²) in [5, 5.41) is 22.6. The molecule has 0 aromatic heterocycles. The van der Waals surface area contributed by atoms with Crippen molar-refractivity contribution in [3.63, 3.8) is 0 Å². The summed E-state index contributed by atoms with van der Waals surface area (Å²) in [6.45, 7) is 9.67. The third-order valence-electron chi connectivity index (χ3n) is 5.79. The number of hydrogen-bond acceptors (Lipinski definition) is 4. The van der Waals surface area contributed by atoms with Crippen molar-refractivity contribution in [2.45, 2.75) is 40.2 Å². The van der Waals surface area contributed by atoms with Crippen molar-refractivity contribution in [1.29, 1.82) is 5.26 Å². The summed E-state index contributed by atoms with van der Waals surface area (Å²) in [5.41, 5.74) is 5.69. The Bertz CT molecular complexity index is 946. The molecule has 0 radical (unpaired) electrons. The van der Waals surface area contributed by atoms with E-state index in [1.807, 2.05) is 51.1 Å². The lowest BCUT2D eigenvalue weighted by molar-refractivity contribution is 0.0695. The summed E-state index contributed by atoms with van der Waals surface area (Å²) >= 11 is 0. The normalized spacial score (nSPS) is 19.2. The van der Waals surface area contributed by atoms with Gasteiger partial charge < -0.3 is 15.3 Å². The molecule has 3 rings (SSSR count). The molecule has 1 heterocycles. The molecule has 1 fully saturated rings. The minimum Gasteiger partial charge on any atom is -0.478 e. The van der Waals surface area contributed by atoms with Crippen LogP contribution in [0.5, 0.6) is 0 Å². The van der Waals surface area contributed by atoms with Crippen LogP contribution in [0.1, 0.15) is 46.0 Å². The Labute approximate surface area is 166 Å². The lowest BCUT2D eigenvalue weighted by atomic mass is 9.91. The minimum atomic E-state index is -0.881. The second-order valence-electron chi connectivity index (χ2n) is 7.78. The van der Waals surface area contributed by atoms with Crippen molar-refractivity contribution in [3.05, 3.63) is 58.1 Å². The fourth-order valence-corrected chi connectivity index (χ4v) is 4.34. The summed E-state index contributed by atoms with van der Waals surface area (Å²) in [6.07, 6.45) is 0.927. The number of nitrogens with zero attached hydrogens (tertiary/aromatic N) is 2. The number of aromatic carboxylic acids is 1. The molecule has 1 aliphatic heterocycles. The van der Waals surface area contributed by atoms with Gasteiger partial charge in [-0.25, -0.2) is 4.79 Å². The Hall–Kier alpha value is -3.00. The molecule has 146 valence electrons. The predicted octanol–water partition coefficient (Wildman–Crippen LogP) is 4.51. The van der Waals surface area contributed by atoms with E-state index in [-0.39, 0.29) is 6.04 Å². The number of hydrogen-bond donors (Lipinski definition) is 2. The van der Waals surface area contributed by atoms with Crippen LogP contribution >= 0.6 is 0 Å². The van der Waals surface area contributed by atoms with Crippen molar-refractivity contribution in [3.8, 4) is 6.07 Å². The summed E-state index contributed by atoms with van der Waals surface area (Å²) < 4.78 is 0. The zero-order valence-corrected chi connectivity index (χ0v) is 16.9. The fraction of sp³-hybridized carbons (Fsp3) is 0.391. The van der Waals surface area contributed by atoms with Gasteiger partial charge in [0, 0.05) is 24.8 Å². The zero-order chi connectivity index (χ0) is 20.4. The van der Waals surface area contributed by atoms with Gasteiger partial charge in [0.2, 0.25) is 0 Å². The van der Waals surface area contributed by atoms with Crippen molar-refractivity contribution in [1.82, 2.24) is 0 Å². The number of carboxylic acids is 1. The fourth-order valence-electron chi connectivity index (χ4n) is 4.34. The zero-order valence-electron chi connectivity index (χ0n) is 16.9. The maximum Gasteiger partial charge on any atom is 0.336 e. The molecule has 1 saturated heterocycles. The Balaban J connectivity index is 1.81. The number of nitriles is 1. The molecule has 5 heteroatoms. The molecular formula is C23H27N3O2. The van der Waals surface area contributed by atoms with Crippen LogP contribution in [-0.4, -0.2) is 30.2 Å². The van der Waals surface area contributed by atoms with Gasteiger partial charge in [-0.3, -0.25) is 0 Å². The SMILES string of the molecule is Cc1cc(C)c(C(=O)O)c(C)c1N[C@@H]1CCN(c2ccccc2C#N)C[C@@H]1C. The van der Waals surface area contributed by atoms with E-state index in [0.29, 0.717) is 17.0 Å². The number of carbonyl (C=O) groups is 1. The van der Waals surface area contributed by atoms with Crippen LogP contribution in [0.2, 0.25) is 0 Å². The number of rotatable bonds is 4. The van der Waals surface area contributed by atoms with Crippen LogP contribution < -0.4 is 10.2 Å². The molecule has 0 spiro atoms. The molecule has 0 unspecified atom stereocenters. The highest BCUT2D eigenvalue weighted by molar-refractivity contribution is 5.93. The Morgan fingerprint density at radius 3 is 2.61 bits per heavy atom. The molecule has 1 aliphatic rings. The monoisotopic (exact) mass is 377 g/mol. The van der Waals surface area contributed by atoms with E-state index in [0.717, 1.165) is 47.6 Å². The van der Waals surface area contributed by atoms with E-state index in [1.165, 1.54) is 0 Å². The average molecular weight is 377 g/mol. The van der Waals surface area contributed by atoms with Crippen LogP contribution in [0.4, 0.5) is 11.4 Å². The molecule has 5 nitrogen and oxygen atoms in total. The molecule has 0 amide bonds. The molecule has 2 aromatic carbocycles. The molecule has 0 aliphatic carbocycles. The average Bonchev–Trinajstić information content (AvgIpc) is 2.65. The van der Waals surface area contributed by atoms with Crippen molar-refractivity contribution < 1.29 is 9.90 Å². The summed E-state index contributed by atoms with van der Waals surface area (Å²) in [5.74, 6) is -0.525. The second kappa shape index (κ2) is 7.93. The molecular weight excluding hydrogens is 350 g/mol. The molecule has 2 atom stereocenters. The van der Waals surface area contributed by atoms with E-state index in [2.05, 4.69) is 23.2 Å². The highest BCUT2D eigenvalue weighted by Gasteiger charge is 2.28. The van der Waals surface area contributed by atoms with Crippen LogP contribution in [0, 0.1) is 38.0 Å². The smallest absolute Gasteiger partial charge is 0.336 e. The molecule has 2 aromatic rings. The lowest BCUT2D eigenvalue weighted by Crippen LogP contribution is -2.45. The molecule has 0 saturated carbocycles. The van der Waals surface area contributed by atoms with Gasteiger partial charge >= 0.3 is 5.97 Å².